The van der Waals surface area contributed by atoms with Crippen LogP contribution < -0.4 is 5.32 Å². The topological polar surface area (TPSA) is 111 Å². The van der Waals surface area contributed by atoms with Gasteiger partial charge in [-0.3, -0.25) is 4.79 Å². The molecule has 1 amide bonds. The summed E-state index contributed by atoms with van der Waals surface area (Å²) < 4.78 is 16.4. The minimum Gasteiger partial charge on any atom is -0.480 e. The second kappa shape index (κ2) is 18.6. The molecule has 0 bridgehead atoms. The molecule has 0 unspecified atom stereocenters. The Balaban J connectivity index is 1.22. The molecule has 8 nitrogen and oxygen atoms in total. The molecule has 0 aliphatic rings. The van der Waals surface area contributed by atoms with Crippen molar-refractivity contribution in [3.63, 3.8) is 0 Å². The molecule has 244 valence electrons. The van der Waals surface area contributed by atoms with Crippen LogP contribution in [0, 0.1) is 0 Å². The van der Waals surface area contributed by atoms with Crippen LogP contribution in [0.25, 0.3) is 21.5 Å². The summed E-state index contributed by atoms with van der Waals surface area (Å²) in [6, 6.07) is 29.5. The number of rotatable bonds is 20. The molecule has 0 saturated heterocycles. The van der Waals surface area contributed by atoms with E-state index >= 15 is 0 Å². The highest BCUT2D eigenvalue weighted by Crippen LogP contribution is 2.19. The first kappa shape index (κ1) is 34.6. The number of hydrogen-bond donors (Lipinski definition) is 2. The third kappa shape index (κ3) is 11.0. The lowest BCUT2D eigenvalue weighted by Crippen LogP contribution is -2.50. The summed E-state index contributed by atoms with van der Waals surface area (Å²) >= 11 is 0. The van der Waals surface area contributed by atoms with Crippen molar-refractivity contribution in [1.82, 2.24) is 5.32 Å². The van der Waals surface area contributed by atoms with Gasteiger partial charge in [0.15, 0.2) is 12.2 Å². The highest BCUT2D eigenvalue weighted by molar-refractivity contribution is 5.89. The zero-order chi connectivity index (χ0) is 32.6. The second-order valence-corrected chi connectivity index (χ2v) is 11.4. The van der Waals surface area contributed by atoms with E-state index in [2.05, 4.69) is 66.0 Å². The van der Waals surface area contributed by atoms with Gasteiger partial charge in [0.25, 0.3) is 5.91 Å². The molecule has 0 aliphatic heterocycles. The maximum atomic E-state index is 13.2. The Bertz CT molecular complexity index is 1570. The Kier molecular flexibility index (Phi) is 14.0. The van der Waals surface area contributed by atoms with Gasteiger partial charge in [-0.05, 0) is 78.1 Å². The van der Waals surface area contributed by atoms with Crippen LogP contribution in [0.1, 0.15) is 56.6 Å². The normalized spacial score (nSPS) is 12.5. The van der Waals surface area contributed by atoms with Crippen molar-refractivity contribution in [3.05, 3.63) is 96.1 Å². The van der Waals surface area contributed by atoms with Crippen molar-refractivity contribution in [2.24, 2.45) is 0 Å². The van der Waals surface area contributed by atoms with Crippen molar-refractivity contribution in [2.75, 3.05) is 26.4 Å². The molecule has 0 radical (unpaired) electrons. The number of carbonyl (C=O) groups excluding carboxylic acids is 2. The van der Waals surface area contributed by atoms with Gasteiger partial charge in [-0.15, -0.1) is 0 Å². The van der Waals surface area contributed by atoms with Crippen LogP contribution in [0.5, 0.6) is 0 Å². The Morgan fingerprint density at radius 3 is 1.80 bits per heavy atom. The van der Waals surface area contributed by atoms with E-state index in [0.29, 0.717) is 13.0 Å². The molecule has 0 saturated carbocycles. The van der Waals surface area contributed by atoms with Gasteiger partial charge in [0.05, 0.1) is 6.61 Å². The van der Waals surface area contributed by atoms with Crippen LogP contribution in [0.15, 0.2) is 84.9 Å². The molecular formula is C38H45NO7. The summed E-state index contributed by atoms with van der Waals surface area (Å²) in [6.07, 6.45) is 4.08. The van der Waals surface area contributed by atoms with Crippen molar-refractivity contribution in [3.8, 4) is 0 Å². The number of carboxylic acid groups (broad SMARTS) is 1. The van der Waals surface area contributed by atoms with Crippen molar-refractivity contribution < 1.29 is 33.7 Å². The lowest BCUT2D eigenvalue weighted by atomic mass is 10.0. The summed E-state index contributed by atoms with van der Waals surface area (Å²) in [5, 5.41) is 16.9. The maximum Gasteiger partial charge on any atom is 0.338 e. The Labute approximate surface area is 271 Å². The Morgan fingerprint density at radius 2 is 1.24 bits per heavy atom. The Hall–Kier alpha value is -4.27. The van der Waals surface area contributed by atoms with Gasteiger partial charge in [-0.2, -0.15) is 0 Å². The number of carboxylic acids is 1. The van der Waals surface area contributed by atoms with E-state index in [1.807, 2.05) is 24.3 Å². The summed E-state index contributed by atoms with van der Waals surface area (Å²) in [6.45, 7) is 1.58. The minimum atomic E-state index is -1.44. The lowest BCUT2D eigenvalue weighted by Gasteiger charge is -2.25. The third-order valence-electron chi connectivity index (χ3n) is 7.92. The largest absolute Gasteiger partial charge is 0.480 e. The van der Waals surface area contributed by atoms with Crippen molar-refractivity contribution >= 4 is 39.4 Å². The molecule has 0 spiro atoms. The number of hydrogen-bond acceptors (Lipinski definition) is 6. The van der Waals surface area contributed by atoms with E-state index in [1.165, 1.54) is 32.7 Å². The molecule has 4 aromatic carbocycles. The predicted octanol–water partition coefficient (Wildman–Crippen LogP) is 6.65. The fourth-order valence-electron chi connectivity index (χ4n) is 5.51. The molecule has 0 heterocycles. The highest BCUT2D eigenvalue weighted by atomic mass is 16.6. The summed E-state index contributed by atoms with van der Waals surface area (Å²) in [7, 11) is 0. The highest BCUT2D eigenvalue weighted by Gasteiger charge is 2.37. The number of amides is 1. The van der Waals surface area contributed by atoms with E-state index in [9.17, 15) is 19.5 Å². The molecule has 0 aromatic heterocycles. The molecule has 46 heavy (non-hydrogen) atoms. The fraction of sp³-hybridized carbons (Fsp3) is 0.395. The van der Waals surface area contributed by atoms with Crippen LogP contribution in [0.2, 0.25) is 0 Å². The van der Waals surface area contributed by atoms with Crippen LogP contribution in [0.4, 0.5) is 0 Å². The molecule has 4 rings (SSSR count). The van der Waals surface area contributed by atoms with E-state index in [1.54, 1.807) is 6.92 Å². The monoisotopic (exact) mass is 627 g/mol. The first-order valence-corrected chi connectivity index (χ1v) is 16.3. The van der Waals surface area contributed by atoms with Gasteiger partial charge in [0, 0.05) is 13.2 Å². The summed E-state index contributed by atoms with van der Waals surface area (Å²) in [4.78, 5) is 37.2. The molecule has 0 fully saturated rings. The van der Waals surface area contributed by atoms with Crippen LogP contribution in [0.3, 0.4) is 0 Å². The lowest BCUT2D eigenvalue weighted by molar-refractivity contribution is -0.176. The smallest absolute Gasteiger partial charge is 0.338 e. The molecule has 4 aromatic rings. The summed E-state index contributed by atoms with van der Waals surface area (Å²) in [5.41, 5.74) is 2.53. The van der Waals surface area contributed by atoms with Crippen LogP contribution in [-0.2, 0) is 41.4 Å². The fourth-order valence-corrected chi connectivity index (χ4v) is 5.51. The molecular weight excluding hydrogens is 582 g/mol. The van der Waals surface area contributed by atoms with Crippen molar-refractivity contribution in [1.29, 1.82) is 0 Å². The number of benzene rings is 4. The first-order valence-electron chi connectivity index (χ1n) is 16.3. The average Bonchev–Trinajstić information content (AvgIpc) is 3.06. The number of fused-ring (bicyclic) bond motifs is 2. The Morgan fingerprint density at radius 1 is 0.674 bits per heavy atom. The first-order chi connectivity index (χ1) is 22.4. The van der Waals surface area contributed by atoms with E-state index in [4.69, 9.17) is 14.2 Å². The SMILES string of the molecule is CCOC(=O)[C@H](OCCCCCc1ccc2ccccc2c1)[C@@H](OCC(=O)O)C(=O)NCCCCCc1ccc2ccccc2c1. The van der Waals surface area contributed by atoms with Gasteiger partial charge < -0.3 is 24.6 Å². The number of aryl methyl sites for hydroxylation is 2. The number of carbonyl (C=O) groups is 3. The molecule has 2 N–H and O–H groups in total. The number of unbranched alkanes of at least 4 members (excludes halogenated alkanes) is 4. The van der Waals surface area contributed by atoms with Crippen LogP contribution in [-0.4, -0.2) is 61.5 Å². The van der Waals surface area contributed by atoms with Crippen molar-refractivity contribution in [2.45, 2.75) is 70.5 Å². The zero-order valence-electron chi connectivity index (χ0n) is 26.6. The average molecular weight is 628 g/mol. The number of aliphatic carboxylic acids is 1. The van der Waals surface area contributed by atoms with Gasteiger partial charge in [0.2, 0.25) is 0 Å². The number of esters is 1. The van der Waals surface area contributed by atoms with Gasteiger partial charge >= 0.3 is 11.9 Å². The quantitative estimate of drug-likeness (QED) is 0.0834. The molecule has 2 atom stereocenters. The standard InChI is InChI=1S/C38H45NO7/c1-2-44-38(43)36(45-24-12-4-6-14-29-20-22-31-16-8-10-18-33(31)26-29)35(46-27-34(40)41)37(42)39-23-11-3-5-13-28-19-21-30-15-7-9-17-32(30)25-28/h7-10,15-22,25-26,35-36H,2-6,11-14,23-24,27H2,1H3,(H,39,42)(H,40,41)/t35-,36-/m1/s1. The third-order valence-corrected chi connectivity index (χ3v) is 7.92. The predicted molar refractivity (Wildman–Crippen MR) is 180 cm³/mol. The van der Waals surface area contributed by atoms with Gasteiger partial charge in [-0.25, -0.2) is 9.59 Å². The minimum absolute atomic E-state index is 0.0922. The van der Waals surface area contributed by atoms with Gasteiger partial charge in [-0.1, -0.05) is 97.8 Å². The van der Waals surface area contributed by atoms with Crippen LogP contribution >= 0.6 is 0 Å². The molecule has 8 heteroatoms. The second-order valence-electron chi connectivity index (χ2n) is 11.4. The zero-order valence-corrected chi connectivity index (χ0v) is 26.6. The van der Waals surface area contributed by atoms with E-state index < -0.39 is 36.7 Å². The van der Waals surface area contributed by atoms with E-state index in [-0.39, 0.29) is 13.2 Å². The maximum absolute atomic E-state index is 13.2. The van der Waals surface area contributed by atoms with Gasteiger partial charge in [0.1, 0.15) is 6.61 Å². The summed E-state index contributed by atoms with van der Waals surface area (Å²) in [5.74, 6) is -2.59. The van der Waals surface area contributed by atoms with E-state index in [0.717, 1.165) is 44.9 Å². The number of ether oxygens (including phenoxy) is 3. The molecule has 0 aliphatic carbocycles. The number of nitrogens with one attached hydrogen (secondary N) is 1.